The molecule has 0 heterocycles. The largest absolute Gasteiger partial charge is 0.379 e. The van der Waals surface area contributed by atoms with Crippen molar-refractivity contribution in [3.8, 4) is 5.75 Å². The second-order valence-electron chi connectivity index (χ2n) is 3.57. The first kappa shape index (κ1) is 14.5. The highest BCUT2D eigenvalue weighted by molar-refractivity contribution is 7.87. The second-order valence-corrected chi connectivity index (χ2v) is 6.36. The maximum absolute atomic E-state index is 12.0. The molecule has 7 heteroatoms. The lowest BCUT2D eigenvalue weighted by Gasteiger charge is -2.07. The highest BCUT2D eigenvalue weighted by Gasteiger charge is 2.16. The van der Waals surface area contributed by atoms with Crippen LogP contribution in [0.5, 0.6) is 5.75 Å². The first-order chi connectivity index (χ1) is 8.88. The minimum absolute atomic E-state index is 0.00275. The van der Waals surface area contributed by atoms with Crippen molar-refractivity contribution in [2.45, 2.75) is 4.90 Å². The topological polar surface area (TPSA) is 43.4 Å². The van der Waals surface area contributed by atoms with E-state index in [0.29, 0.717) is 10.0 Å². The van der Waals surface area contributed by atoms with Gasteiger partial charge >= 0.3 is 10.1 Å². The van der Waals surface area contributed by atoms with Crippen molar-refractivity contribution in [3.05, 3.63) is 57.5 Å². The Bertz CT molecular complexity index is 697. The van der Waals surface area contributed by atoms with Crippen molar-refractivity contribution < 1.29 is 12.6 Å². The quantitative estimate of drug-likeness (QED) is 0.779. The van der Waals surface area contributed by atoms with E-state index < -0.39 is 10.1 Å². The maximum Gasteiger partial charge on any atom is 0.339 e. The predicted octanol–water partition coefficient (Wildman–Crippen LogP) is 4.41. The Balaban J connectivity index is 2.30. The fraction of sp³-hybridized carbons (Fsp3) is 0. The molecule has 100 valence electrons. The van der Waals surface area contributed by atoms with E-state index in [4.69, 9.17) is 39.0 Å². The summed E-state index contributed by atoms with van der Waals surface area (Å²) in [7, 11) is -3.92. The molecule has 0 amide bonds. The molecule has 2 aromatic rings. The molecule has 0 atom stereocenters. The molecule has 0 N–H and O–H groups in total. The van der Waals surface area contributed by atoms with Gasteiger partial charge in [-0.15, -0.1) is 0 Å². The molecule has 0 radical (unpaired) electrons. The standard InChI is InChI=1S/C12H7Cl3O3S/c13-8-1-4-10(5-2-8)19(16,17)18-9-3-6-11(14)12(15)7-9/h1-7H. The van der Waals surface area contributed by atoms with Gasteiger partial charge in [-0.25, -0.2) is 0 Å². The van der Waals surface area contributed by atoms with E-state index in [9.17, 15) is 8.42 Å². The zero-order valence-corrected chi connectivity index (χ0v) is 12.4. The maximum atomic E-state index is 12.0. The summed E-state index contributed by atoms with van der Waals surface area (Å²) >= 11 is 17.2. The minimum Gasteiger partial charge on any atom is -0.379 e. The number of benzene rings is 2. The number of rotatable bonds is 3. The Morgan fingerprint density at radius 1 is 0.842 bits per heavy atom. The van der Waals surface area contributed by atoms with Crippen molar-refractivity contribution in [2.75, 3.05) is 0 Å². The number of halogens is 3. The van der Waals surface area contributed by atoms with Crippen LogP contribution in [0.15, 0.2) is 47.4 Å². The molecule has 0 saturated heterocycles. The molecule has 0 aliphatic rings. The van der Waals surface area contributed by atoms with Crippen molar-refractivity contribution >= 4 is 44.9 Å². The van der Waals surface area contributed by atoms with Crippen LogP contribution in [-0.2, 0) is 10.1 Å². The molecule has 0 spiro atoms. The summed E-state index contributed by atoms with van der Waals surface area (Å²) in [6, 6.07) is 9.85. The summed E-state index contributed by atoms with van der Waals surface area (Å²) in [6.07, 6.45) is 0. The van der Waals surface area contributed by atoms with Crippen LogP contribution in [0.4, 0.5) is 0 Å². The van der Waals surface area contributed by atoms with Gasteiger partial charge in [-0.05, 0) is 36.4 Å². The van der Waals surface area contributed by atoms with Crippen LogP contribution in [0.3, 0.4) is 0 Å². The van der Waals surface area contributed by atoms with E-state index in [-0.39, 0.29) is 15.7 Å². The molecule has 2 rings (SSSR count). The highest BCUT2D eigenvalue weighted by atomic mass is 35.5. The van der Waals surface area contributed by atoms with Crippen LogP contribution in [0.2, 0.25) is 15.1 Å². The minimum atomic E-state index is -3.92. The van der Waals surface area contributed by atoms with E-state index in [1.165, 1.54) is 42.5 Å². The summed E-state index contributed by atoms with van der Waals surface area (Å²) in [5.74, 6) is 0.0874. The van der Waals surface area contributed by atoms with Crippen LogP contribution in [0, 0.1) is 0 Å². The van der Waals surface area contributed by atoms with Crippen molar-refractivity contribution in [1.29, 1.82) is 0 Å². The van der Waals surface area contributed by atoms with E-state index >= 15 is 0 Å². The zero-order chi connectivity index (χ0) is 14.0. The van der Waals surface area contributed by atoms with Crippen molar-refractivity contribution in [2.24, 2.45) is 0 Å². The Labute approximate surface area is 125 Å². The van der Waals surface area contributed by atoms with Gasteiger partial charge in [-0.3, -0.25) is 0 Å². The number of hydrogen-bond donors (Lipinski definition) is 0. The summed E-state index contributed by atoms with van der Waals surface area (Å²) in [6.45, 7) is 0. The molecule has 0 unspecified atom stereocenters. The highest BCUT2D eigenvalue weighted by Crippen LogP contribution is 2.28. The Hall–Kier alpha value is -0.940. The molecule has 0 aromatic heterocycles. The third-order valence-electron chi connectivity index (χ3n) is 2.20. The van der Waals surface area contributed by atoms with Gasteiger partial charge in [-0.1, -0.05) is 34.8 Å². The average molecular weight is 338 g/mol. The Morgan fingerprint density at radius 3 is 2.05 bits per heavy atom. The van der Waals surface area contributed by atoms with Gasteiger partial charge in [0.15, 0.2) is 0 Å². The van der Waals surface area contributed by atoms with Crippen molar-refractivity contribution in [1.82, 2.24) is 0 Å². The average Bonchev–Trinajstić information content (AvgIpc) is 2.34. The van der Waals surface area contributed by atoms with Crippen LogP contribution < -0.4 is 4.18 Å². The Kier molecular flexibility index (Phi) is 4.26. The smallest absolute Gasteiger partial charge is 0.339 e. The lowest BCUT2D eigenvalue weighted by Crippen LogP contribution is -2.09. The van der Waals surface area contributed by atoms with Gasteiger partial charge in [0.2, 0.25) is 0 Å². The summed E-state index contributed by atoms with van der Waals surface area (Å²) in [4.78, 5) is 0.00275. The van der Waals surface area contributed by atoms with E-state index in [2.05, 4.69) is 0 Å². The molecule has 3 nitrogen and oxygen atoms in total. The van der Waals surface area contributed by atoms with Gasteiger partial charge < -0.3 is 4.18 Å². The Morgan fingerprint density at radius 2 is 1.47 bits per heavy atom. The van der Waals surface area contributed by atoms with Gasteiger partial charge in [0.25, 0.3) is 0 Å². The SMILES string of the molecule is O=S(=O)(Oc1ccc(Cl)c(Cl)c1)c1ccc(Cl)cc1. The molecule has 19 heavy (non-hydrogen) atoms. The van der Waals surface area contributed by atoms with E-state index in [0.717, 1.165) is 0 Å². The summed E-state index contributed by atoms with van der Waals surface area (Å²) in [5, 5.41) is 0.969. The van der Waals surface area contributed by atoms with E-state index in [1.54, 1.807) is 0 Å². The molecule has 0 saturated carbocycles. The fourth-order valence-electron chi connectivity index (χ4n) is 1.30. The second kappa shape index (κ2) is 5.59. The third-order valence-corrected chi connectivity index (χ3v) is 4.45. The lowest BCUT2D eigenvalue weighted by atomic mass is 10.3. The van der Waals surface area contributed by atoms with Crippen LogP contribution >= 0.6 is 34.8 Å². The van der Waals surface area contributed by atoms with E-state index in [1.807, 2.05) is 0 Å². The van der Waals surface area contributed by atoms with Gasteiger partial charge in [0.1, 0.15) is 10.6 Å². The summed E-state index contributed by atoms with van der Waals surface area (Å²) in [5.41, 5.74) is 0. The van der Waals surface area contributed by atoms with Crippen molar-refractivity contribution in [3.63, 3.8) is 0 Å². The zero-order valence-electron chi connectivity index (χ0n) is 9.31. The molecule has 0 bridgehead atoms. The van der Waals surface area contributed by atoms with Crippen LogP contribution in [-0.4, -0.2) is 8.42 Å². The lowest BCUT2D eigenvalue weighted by molar-refractivity contribution is 0.486. The third kappa shape index (κ3) is 3.54. The molecule has 2 aromatic carbocycles. The monoisotopic (exact) mass is 336 g/mol. The molecular weight excluding hydrogens is 331 g/mol. The van der Waals surface area contributed by atoms with Gasteiger partial charge in [-0.2, -0.15) is 8.42 Å². The molecule has 0 aliphatic carbocycles. The van der Waals surface area contributed by atoms with Gasteiger partial charge in [0, 0.05) is 11.1 Å². The normalized spacial score (nSPS) is 11.3. The molecule has 0 fully saturated rings. The molecule has 0 aliphatic heterocycles. The summed E-state index contributed by atoms with van der Waals surface area (Å²) < 4.78 is 28.9. The van der Waals surface area contributed by atoms with Crippen LogP contribution in [0.25, 0.3) is 0 Å². The fourth-order valence-corrected chi connectivity index (χ4v) is 2.64. The van der Waals surface area contributed by atoms with Crippen LogP contribution in [0.1, 0.15) is 0 Å². The first-order valence-electron chi connectivity index (χ1n) is 5.03. The number of hydrogen-bond acceptors (Lipinski definition) is 3. The van der Waals surface area contributed by atoms with Gasteiger partial charge in [0.05, 0.1) is 10.0 Å². The first-order valence-corrected chi connectivity index (χ1v) is 7.58. The predicted molar refractivity (Wildman–Crippen MR) is 75.7 cm³/mol. The molecular formula is C12H7Cl3O3S.